The highest BCUT2D eigenvalue weighted by molar-refractivity contribution is 4.73. The Kier molecular flexibility index (Phi) is 4.08. The Morgan fingerprint density at radius 1 is 1.44 bits per heavy atom. The van der Waals surface area contributed by atoms with Gasteiger partial charge in [-0.3, -0.25) is 0 Å². The van der Waals surface area contributed by atoms with Gasteiger partial charge in [0.25, 0.3) is 0 Å². The van der Waals surface area contributed by atoms with Gasteiger partial charge in [-0.1, -0.05) is 0 Å². The third-order valence-electron chi connectivity index (χ3n) is 0.883. The maximum Gasteiger partial charge on any atom is 0.0680 e. The molecular formula is C7H13NO. The van der Waals surface area contributed by atoms with Crippen LogP contribution in [0.5, 0.6) is 0 Å². The van der Waals surface area contributed by atoms with E-state index < -0.39 is 0 Å². The molecule has 0 aliphatic heterocycles. The molecule has 2 heteroatoms. The summed E-state index contributed by atoms with van der Waals surface area (Å²) in [6.45, 7) is 5.84. The van der Waals surface area contributed by atoms with Crippen molar-refractivity contribution in [2.45, 2.75) is 39.4 Å². The van der Waals surface area contributed by atoms with E-state index in [1.807, 2.05) is 26.8 Å². The molecule has 9 heavy (non-hydrogen) atoms. The molecule has 0 amide bonds. The van der Waals surface area contributed by atoms with Gasteiger partial charge in [0, 0.05) is 0 Å². The van der Waals surface area contributed by atoms with E-state index >= 15 is 0 Å². The lowest BCUT2D eigenvalue weighted by Crippen LogP contribution is -2.12. The molecule has 1 atom stereocenters. The molecule has 0 aromatic carbocycles. The van der Waals surface area contributed by atoms with Crippen LogP contribution < -0.4 is 0 Å². The monoisotopic (exact) mass is 127 g/mol. The summed E-state index contributed by atoms with van der Waals surface area (Å²) in [5.41, 5.74) is 0. The predicted octanol–water partition coefficient (Wildman–Crippen LogP) is 1.71. The third kappa shape index (κ3) is 5.32. The smallest absolute Gasteiger partial charge is 0.0680 e. The van der Waals surface area contributed by atoms with Gasteiger partial charge in [-0.15, -0.1) is 0 Å². The van der Waals surface area contributed by atoms with Crippen LogP contribution in [0.4, 0.5) is 0 Å². The molecule has 0 spiro atoms. The minimum absolute atomic E-state index is 0.0787. The molecular weight excluding hydrogens is 114 g/mol. The molecule has 0 radical (unpaired) electrons. The van der Waals surface area contributed by atoms with E-state index in [4.69, 9.17) is 10.00 Å². The Morgan fingerprint density at radius 2 is 2.00 bits per heavy atom. The van der Waals surface area contributed by atoms with Gasteiger partial charge in [0.2, 0.25) is 0 Å². The van der Waals surface area contributed by atoms with Crippen LogP contribution in [0.2, 0.25) is 0 Å². The second-order valence-corrected chi connectivity index (χ2v) is 2.36. The van der Waals surface area contributed by atoms with E-state index in [2.05, 4.69) is 0 Å². The van der Waals surface area contributed by atoms with Crippen molar-refractivity contribution in [1.82, 2.24) is 0 Å². The van der Waals surface area contributed by atoms with Crippen LogP contribution >= 0.6 is 0 Å². The van der Waals surface area contributed by atoms with Crippen molar-refractivity contribution in [3.8, 4) is 6.07 Å². The highest BCUT2D eigenvalue weighted by Gasteiger charge is 2.01. The summed E-state index contributed by atoms with van der Waals surface area (Å²) in [5, 5.41) is 8.22. The summed E-state index contributed by atoms with van der Waals surface area (Å²) in [5.74, 6) is 0. The molecule has 0 aromatic rings. The van der Waals surface area contributed by atoms with Gasteiger partial charge in [0.05, 0.1) is 24.7 Å². The van der Waals surface area contributed by atoms with E-state index in [9.17, 15) is 0 Å². The largest absolute Gasteiger partial charge is 0.375 e. The molecule has 0 fully saturated rings. The summed E-state index contributed by atoms with van der Waals surface area (Å²) in [7, 11) is 0. The lowest BCUT2D eigenvalue weighted by Gasteiger charge is -2.11. The van der Waals surface area contributed by atoms with Crippen LogP contribution in [-0.2, 0) is 4.74 Å². The molecule has 0 N–H and O–H groups in total. The molecule has 0 rings (SSSR count). The van der Waals surface area contributed by atoms with Crippen molar-refractivity contribution in [2.75, 3.05) is 0 Å². The van der Waals surface area contributed by atoms with Gasteiger partial charge in [0.1, 0.15) is 0 Å². The number of hydrogen-bond donors (Lipinski definition) is 0. The Labute approximate surface area is 56.4 Å². The Morgan fingerprint density at radius 3 is 2.33 bits per heavy atom. The number of nitriles is 1. The van der Waals surface area contributed by atoms with Crippen molar-refractivity contribution in [3.05, 3.63) is 0 Å². The topological polar surface area (TPSA) is 33.0 Å². The Balaban J connectivity index is 3.29. The van der Waals surface area contributed by atoms with Crippen LogP contribution in [0.1, 0.15) is 27.2 Å². The predicted molar refractivity (Wildman–Crippen MR) is 35.9 cm³/mol. The second kappa shape index (κ2) is 4.34. The van der Waals surface area contributed by atoms with E-state index in [0.29, 0.717) is 6.42 Å². The number of ether oxygens (including phenoxy) is 1. The van der Waals surface area contributed by atoms with Crippen molar-refractivity contribution < 1.29 is 4.74 Å². The van der Waals surface area contributed by atoms with Crippen molar-refractivity contribution in [3.63, 3.8) is 0 Å². The van der Waals surface area contributed by atoms with E-state index in [0.717, 1.165) is 0 Å². The minimum atomic E-state index is 0.0787. The molecule has 0 aromatic heterocycles. The fourth-order valence-corrected chi connectivity index (χ4v) is 0.641. The van der Waals surface area contributed by atoms with Crippen LogP contribution in [0, 0.1) is 11.3 Å². The molecule has 52 valence electrons. The Bertz CT molecular complexity index is 104. The van der Waals surface area contributed by atoms with Gasteiger partial charge in [-0.05, 0) is 20.8 Å². The normalized spacial score (nSPS) is 13.2. The quantitative estimate of drug-likeness (QED) is 0.578. The van der Waals surface area contributed by atoms with E-state index in [1.54, 1.807) is 0 Å². The van der Waals surface area contributed by atoms with Gasteiger partial charge >= 0.3 is 0 Å². The molecule has 0 aliphatic rings. The molecule has 0 aliphatic carbocycles. The fraction of sp³-hybridized carbons (Fsp3) is 0.857. The molecule has 0 heterocycles. The molecule has 0 saturated heterocycles. The van der Waals surface area contributed by atoms with Crippen LogP contribution in [0.3, 0.4) is 0 Å². The fourth-order valence-electron chi connectivity index (χ4n) is 0.641. The molecule has 0 saturated carbocycles. The number of rotatable bonds is 3. The first kappa shape index (κ1) is 8.45. The highest BCUT2D eigenvalue weighted by atomic mass is 16.5. The maximum absolute atomic E-state index is 8.22. The zero-order valence-corrected chi connectivity index (χ0v) is 6.22. The SMILES string of the molecule is CC(C)OC(C)CC#N. The first-order valence-electron chi connectivity index (χ1n) is 3.19. The molecule has 2 nitrogen and oxygen atoms in total. The van der Waals surface area contributed by atoms with Gasteiger partial charge in [0.15, 0.2) is 0 Å². The summed E-state index contributed by atoms with van der Waals surface area (Å²) in [6.07, 6.45) is 0.793. The summed E-state index contributed by atoms with van der Waals surface area (Å²) >= 11 is 0. The molecule has 0 bridgehead atoms. The van der Waals surface area contributed by atoms with Crippen molar-refractivity contribution >= 4 is 0 Å². The summed E-state index contributed by atoms with van der Waals surface area (Å²) in [4.78, 5) is 0. The zero-order chi connectivity index (χ0) is 7.28. The average Bonchev–Trinajstić information content (AvgIpc) is 1.63. The number of nitrogens with zero attached hydrogens (tertiary/aromatic N) is 1. The summed E-state index contributed by atoms with van der Waals surface area (Å²) < 4.78 is 5.27. The van der Waals surface area contributed by atoms with Crippen LogP contribution in [-0.4, -0.2) is 12.2 Å². The van der Waals surface area contributed by atoms with Crippen LogP contribution in [0.15, 0.2) is 0 Å². The first-order chi connectivity index (χ1) is 4.16. The highest BCUT2D eigenvalue weighted by Crippen LogP contribution is 1.99. The minimum Gasteiger partial charge on any atom is -0.375 e. The zero-order valence-electron chi connectivity index (χ0n) is 6.22. The Hall–Kier alpha value is -0.550. The standard InChI is InChI=1S/C7H13NO/c1-6(2)9-7(3)4-5-8/h6-7H,4H2,1-3H3. The lowest BCUT2D eigenvalue weighted by atomic mass is 10.3. The first-order valence-corrected chi connectivity index (χ1v) is 3.19. The van der Waals surface area contributed by atoms with Crippen LogP contribution in [0.25, 0.3) is 0 Å². The number of hydrogen-bond acceptors (Lipinski definition) is 2. The van der Waals surface area contributed by atoms with E-state index in [-0.39, 0.29) is 12.2 Å². The van der Waals surface area contributed by atoms with E-state index in [1.165, 1.54) is 0 Å². The van der Waals surface area contributed by atoms with Gasteiger partial charge in [-0.2, -0.15) is 5.26 Å². The van der Waals surface area contributed by atoms with Gasteiger partial charge in [-0.25, -0.2) is 0 Å². The van der Waals surface area contributed by atoms with Gasteiger partial charge < -0.3 is 4.74 Å². The summed E-state index contributed by atoms with van der Waals surface area (Å²) in [6, 6.07) is 2.05. The maximum atomic E-state index is 8.22. The third-order valence-corrected chi connectivity index (χ3v) is 0.883. The van der Waals surface area contributed by atoms with Crippen molar-refractivity contribution in [2.24, 2.45) is 0 Å². The average molecular weight is 127 g/mol. The molecule has 1 unspecified atom stereocenters. The lowest BCUT2D eigenvalue weighted by molar-refractivity contribution is 0.0219. The van der Waals surface area contributed by atoms with Crippen molar-refractivity contribution in [1.29, 1.82) is 5.26 Å². The second-order valence-electron chi connectivity index (χ2n) is 2.36.